The summed E-state index contributed by atoms with van der Waals surface area (Å²) in [5, 5.41) is 11.0. The molecule has 6 nitrogen and oxygen atoms in total. The Kier molecular flexibility index (Phi) is 4.34. The Morgan fingerprint density at radius 2 is 2.20 bits per heavy atom. The number of nitro groups is 1. The van der Waals surface area contributed by atoms with Crippen molar-refractivity contribution in [1.29, 1.82) is 0 Å². The molecule has 0 spiro atoms. The first-order chi connectivity index (χ1) is 9.50. The number of piperidine rings is 1. The third-order valence-electron chi connectivity index (χ3n) is 3.82. The van der Waals surface area contributed by atoms with Crippen LogP contribution in [-0.4, -0.2) is 34.9 Å². The molecule has 1 aromatic carbocycles. The second-order valence-electron chi connectivity index (χ2n) is 5.29. The largest absolute Gasteiger partial charge is 0.338 e. The zero-order valence-corrected chi connectivity index (χ0v) is 11.5. The summed E-state index contributed by atoms with van der Waals surface area (Å²) in [6.07, 6.45) is 1.89. The molecule has 1 heterocycles. The van der Waals surface area contributed by atoms with Gasteiger partial charge in [0.2, 0.25) is 0 Å². The maximum absolute atomic E-state index is 12.5. The third-order valence-corrected chi connectivity index (χ3v) is 3.82. The van der Waals surface area contributed by atoms with Crippen LogP contribution in [0.15, 0.2) is 24.3 Å². The highest BCUT2D eigenvalue weighted by Gasteiger charge is 2.29. The van der Waals surface area contributed by atoms with Crippen LogP contribution in [0.2, 0.25) is 0 Å². The number of carbonyl (C=O) groups excluding carboxylic acids is 1. The van der Waals surface area contributed by atoms with Crippen molar-refractivity contribution >= 4 is 11.6 Å². The van der Waals surface area contributed by atoms with E-state index in [9.17, 15) is 14.9 Å². The molecule has 1 amide bonds. The van der Waals surface area contributed by atoms with Gasteiger partial charge in [-0.15, -0.1) is 0 Å². The second kappa shape index (κ2) is 6.00. The summed E-state index contributed by atoms with van der Waals surface area (Å²) in [7, 11) is 0. The molecule has 20 heavy (non-hydrogen) atoms. The van der Waals surface area contributed by atoms with Crippen molar-refractivity contribution in [2.45, 2.75) is 25.8 Å². The molecule has 2 unspecified atom stereocenters. The van der Waals surface area contributed by atoms with E-state index in [2.05, 4.69) is 0 Å². The van der Waals surface area contributed by atoms with Gasteiger partial charge in [-0.25, -0.2) is 0 Å². The first-order valence-electron chi connectivity index (χ1n) is 6.79. The fourth-order valence-electron chi connectivity index (χ4n) is 2.61. The molecule has 2 N–H and O–H groups in total. The lowest BCUT2D eigenvalue weighted by Crippen LogP contribution is -2.45. The lowest BCUT2D eigenvalue weighted by molar-refractivity contribution is -0.385. The fourth-order valence-corrected chi connectivity index (χ4v) is 2.61. The van der Waals surface area contributed by atoms with Crippen molar-refractivity contribution < 1.29 is 9.72 Å². The van der Waals surface area contributed by atoms with E-state index in [0.717, 1.165) is 12.8 Å². The van der Waals surface area contributed by atoms with E-state index in [4.69, 9.17) is 5.73 Å². The standard InChI is InChI=1S/C14H19N3O3/c1-10(15)11-5-4-8-16(9-11)14(18)12-6-2-3-7-13(12)17(19)20/h2-3,6-7,10-11H,4-5,8-9,15H2,1H3. The predicted octanol–water partition coefficient (Wildman–Crippen LogP) is 1.79. The zero-order chi connectivity index (χ0) is 14.7. The number of nitrogens with two attached hydrogens (primary N) is 1. The van der Waals surface area contributed by atoms with E-state index >= 15 is 0 Å². The van der Waals surface area contributed by atoms with Gasteiger partial charge in [0.1, 0.15) is 5.56 Å². The van der Waals surface area contributed by atoms with Crippen LogP contribution in [0.3, 0.4) is 0 Å². The van der Waals surface area contributed by atoms with Crippen molar-refractivity contribution in [3.8, 4) is 0 Å². The number of para-hydroxylation sites is 1. The number of rotatable bonds is 3. The van der Waals surface area contributed by atoms with Gasteiger partial charge >= 0.3 is 0 Å². The monoisotopic (exact) mass is 277 g/mol. The van der Waals surface area contributed by atoms with Crippen molar-refractivity contribution in [3.63, 3.8) is 0 Å². The van der Waals surface area contributed by atoms with Crippen molar-refractivity contribution in [2.75, 3.05) is 13.1 Å². The van der Waals surface area contributed by atoms with Crippen LogP contribution in [0.1, 0.15) is 30.1 Å². The quantitative estimate of drug-likeness (QED) is 0.673. The maximum atomic E-state index is 12.5. The maximum Gasteiger partial charge on any atom is 0.282 e. The minimum atomic E-state index is -0.514. The molecule has 108 valence electrons. The molecule has 0 saturated carbocycles. The van der Waals surface area contributed by atoms with Crippen LogP contribution in [0.4, 0.5) is 5.69 Å². The molecule has 1 fully saturated rings. The van der Waals surface area contributed by atoms with Gasteiger partial charge in [-0.1, -0.05) is 12.1 Å². The molecule has 1 saturated heterocycles. The molecule has 0 radical (unpaired) electrons. The second-order valence-corrected chi connectivity index (χ2v) is 5.29. The van der Waals surface area contributed by atoms with Crippen LogP contribution in [0.25, 0.3) is 0 Å². The Morgan fingerprint density at radius 1 is 1.50 bits per heavy atom. The van der Waals surface area contributed by atoms with E-state index < -0.39 is 4.92 Å². The van der Waals surface area contributed by atoms with E-state index in [1.165, 1.54) is 12.1 Å². The first kappa shape index (κ1) is 14.5. The van der Waals surface area contributed by atoms with Crippen LogP contribution in [0, 0.1) is 16.0 Å². The Morgan fingerprint density at radius 3 is 2.85 bits per heavy atom. The van der Waals surface area contributed by atoms with Gasteiger partial charge in [-0.05, 0) is 31.7 Å². The summed E-state index contributed by atoms with van der Waals surface area (Å²) >= 11 is 0. The van der Waals surface area contributed by atoms with E-state index in [1.807, 2.05) is 6.92 Å². The summed E-state index contributed by atoms with van der Waals surface area (Å²) in [4.78, 5) is 24.6. The number of hydrogen-bond acceptors (Lipinski definition) is 4. The molecule has 6 heteroatoms. The Bertz CT molecular complexity index is 516. The van der Waals surface area contributed by atoms with Crippen LogP contribution in [-0.2, 0) is 0 Å². The molecule has 0 bridgehead atoms. The van der Waals surface area contributed by atoms with Gasteiger partial charge in [-0.3, -0.25) is 14.9 Å². The summed E-state index contributed by atoms with van der Waals surface area (Å²) in [5.41, 5.74) is 5.92. The number of carbonyl (C=O) groups is 1. The molecular weight excluding hydrogens is 258 g/mol. The Balaban J connectivity index is 2.21. The minimum Gasteiger partial charge on any atom is -0.338 e. The van der Waals surface area contributed by atoms with Gasteiger partial charge in [0.05, 0.1) is 4.92 Å². The number of benzene rings is 1. The predicted molar refractivity (Wildman–Crippen MR) is 75.4 cm³/mol. The number of amides is 1. The van der Waals surface area contributed by atoms with Crippen molar-refractivity contribution in [3.05, 3.63) is 39.9 Å². The highest BCUT2D eigenvalue weighted by molar-refractivity contribution is 5.98. The van der Waals surface area contributed by atoms with Crippen LogP contribution < -0.4 is 5.73 Å². The number of likely N-dealkylation sites (tertiary alicyclic amines) is 1. The van der Waals surface area contributed by atoms with Gasteiger partial charge in [0.15, 0.2) is 0 Å². The van der Waals surface area contributed by atoms with E-state index in [-0.39, 0.29) is 29.1 Å². The average molecular weight is 277 g/mol. The molecule has 0 aliphatic carbocycles. The molecule has 1 aliphatic heterocycles. The zero-order valence-electron chi connectivity index (χ0n) is 11.5. The lowest BCUT2D eigenvalue weighted by Gasteiger charge is -2.34. The highest BCUT2D eigenvalue weighted by atomic mass is 16.6. The highest BCUT2D eigenvalue weighted by Crippen LogP contribution is 2.24. The SMILES string of the molecule is CC(N)C1CCCN(C(=O)c2ccccc2[N+](=O)[O-])C1. The topological polar surface area (TPSA) is 89.5 Å². The Hall–Kier alpha value is -1.95. The molecule has 1 aromatic rings. The number of nitro benzene ring substituents is 1. The summed E-state index contributed by atoms with van der Waals surface area (Å²) in [6, 6.07) is 6.11. The van der Waals surface area contributed by atoms with Gasteiger partial charge in [-0.2, -0.15) is 0 Å². The van der Waals surface area contributed by atoms with E-state index in [1.54, 1.807) is 17.0 Å². The summed E-state index contributed by atoms with van der Waals surface area (Å²) in [6.45, 7) is 3.14. The Labute approximate surface area is 117 Å². The molecule has 2 atom stereocenters. The van der Waals surface area contributed by atoms with Gasteiger partial charge in [0.25, 0.3) is 11.6 Å². The fraction of sp³-hybridized carbons (Fsp3) is 0.500. The first-order valence-corrected chi connectivity index (χ1v) is 6.79. The van der Waals surface area contributed by atoms with E-state index in [0.29, 0.717) is 13.1 Å². The van der Waals surface area contributed by atoms with Gasteiger partial charge < -0.3 is 10.6 Å². The average Bonchev–Trinajstić information content (AvgIpc) is 2.46. The van der Waals surface area contributed by atoms with Crippen LogP contribution in [0.5, 0.6) is 0 Å². The summed E-state index contributed by atoms with van der Waals surface area (Å²) in [5.74, 6) is -0.0156. The molecular formula is C14H19N3O3. The third kappa shape index (κ3) is 2.96. The van der Waals surface area contributed by atoms with Crippen LogP contribution >= 0.6 is 0 Å². The lowest BCUT2D eigenvalue weighted by atomic mass is 9.92. The summed E-state index contributed by atoms with van der Waals surface area (Å²) < 4.78 is 0. The molecule has 1 aliphatic rings. The minimum absolute atomic E-state index is 0.0244. The normalized spacial score (nSPS) is 20.5. The smallest absolute Gasteiger partial charge is 0.282 e. The molecule has 0 aromatic heterocycles. The number of hydrogen-bond donors (Lipinski definition) is 1. The molecule has 2 rings (SSSR count). The number of nitrogens with zero attached hydrogens (tertiary/aromatic N) is 2. The van der Waals surface area contributed by atoms with Crippen molar-refractivity contribution in [2.24, 2.45) is 11.7 Å². The van der Waals surface area contributed by atoms with Crippen molar-refractivity contribution in [1.82, 2.24) is 4.90 Å². The van der Waals surface area contributed by atoms with Gasteiger partial charge in [0, 0.05) is 25.2 Å².